The van der Waals surface area contributed by atoms with Crippen molar-refractivity contribution in [2.75, 3.05) is 13.6 Å². The Labute approximate surface area is 168 Å². The predicted molar refractivity (Wildman–Crippen MR) is 112 cm³/mol. The van der Waals surface area contributed by atoms with Gasteiger partial charge in [0, 0.05) is 7.05 Å². The fourth-order valence-corrected chi connectivity index (χ4v) is 4.29. The van der Waals surface area contributed by atoms with Crippen molar-refractivity contribution < 1.29 is 13.2 Å². The van der Waals surface area contributed by atoms with Crippen molar-refractivity contribution in [3.8, 4) is 0 Å². The minimum atomic E-state index is -3.78. The van der Waals surface area contributed by atoms with Crippen molar-refractivity contribution in [2.24, 2.45) is 0 Å². The van der Waals surface area contributed by atoms with E-state index < -0.39 is 15.9 Å². The zero-order valence-corrected chi connectivity index (χ0v) is 16.6. The Morgan fingerprint density at radius 1 is 1.03 bits per heavy atom. The number of likely N-dealkylation sites (N-methyl/N-ethyl adjacent to an activating group) is 1. The third kappa shape index (κ3) is 3.98. The smallest absolute Gasteiger partial charge is 0.243 e. The topological polar surface area (TPSA) is 95.2 Å². The number of carbonyl (C=O) groups excluding carboxylic acids is 1. The summed E-state index contributed by atoms with van der Waals surface area (Å²) in [5.74, 6) is 0.205. The van der Waals surface area contributed by atoms with E-state index in [0.717, 1.165) is 26.1 Å². The standard InChI is InChI=1S/C21H20N4O3S/c1-25(29(27,28)17-11-10-15-6-2-3-7-16(15)12-17)14-21(26)22-13-20-23-18-8-4-5-9-19(18)24-20/h2-12H,13-14H2,1H3,(H,22,26)(H,23,24). The summed E-state index contributed by atoms with van der Waals surface area (Å²) in [4.78, 5) is 19.9. The van der Waals surface area contributed by atoms with Crippen LogP contribution in [0.25, 0.3) is 21.8 Å². The summed E-state index contributed by atoms with van der Waals surface area (Å²) in [5, 5.41) is 4.49. The van der Waals surface area contributed by atoms with Crippen molar-refractivity contribution in [1.29, 1.82) is 0 Å². The number of rotatable bonds is 6. The number of nitrogens with zero attached hydrogens (tertiary/aromatic N) is 2. The highest BCUT2D eigenvalue weighted by Crippen LogP contribution is 2.21. The van der Waals surface area contributed by atoms with E-state index in [1.165, 1.54) is 7.05 Å². The molecular weight excluding hydrogens is 388 g/mol. The molecule has 1 amide bonds. The van der Waals surface area contributed by atoms with Gasteiger partial charge in [-0.15, -0.1) is 0 Å². The summed E-state index contributed by atoms with van der Waals surface area (Å²) in [7, 11) is -2.39. The van der Waals surface area contributed by atoms with Gasteiger partial charge in [-0.05, 0) is 35.0 Å². The summed E-state index contributed by atoms with van der Waals surface area (Å²) in [6.07, 6.45) is 0. The Hall–Kier alpha value is -3.23. The molecule has 1 heterocycles. The summed E-state index contributed by atoms with van der Waals surface area (Å²) in [6, 6.07) is 20.0. The number of sulfonamides is 1. The Balaban J connectivity index is 1.42. The first kappa shape index (κ1) is 19.1. The van der Waals surface area contributed by atoms with Crippen LogP contribution in [0, 0.1) is 0 Å². The van der Waals surface area contributed by atoms with Gasteiger partial charge in [0.25, 0.3) is 0 Å². The van der Waals surface area contributed by atoms with Crippen LogP contribution in [0.4, 0.5) is 0 Å². The number of aromatic nitrogens is 2. The van der Waals surface area contributed by atoms with Gasteiger partial charge in [-0.2, -0.15) is 4.31 Å². The monoisotopic (exact) mass is 408 g/mol. The number of amides is 1. The lowest BCUT2D eigenvalue weighted by atomic mass is 10.1. The lowest BCUT2D eigenvalue weighted by molar-refractivity contribution is -0.121. The molecule has 0 spiro atoms. The molecule has 29 heavy (non-hydrogen) atoms. The molecule has 0 aliphatic rings. The number of aromatic amines is 1. The van der Waals surface area contributed by atoms with Gasteiger partial charge in [0.1, 0.15) is 5.82 Å². The molecule has 0 saturated carbocycles. The second-order valence-corrected chi connectivity index (χ2v) is 8.79. The van der Waals surface area contributed by atoms with Crippen LogP contribution in [0.5, 0.6) is 0 Å². The van der Waals surface area contributed by atoms with Crippen molar-refractivity contribution in [3.05, 3.63) is 72.6 Å². The highest BCUT2D eigenvalue weighted by Gasteiger charge is 2.23. The van der Waals surface area contributed by atoms with Crippen LogP contribution < -0.4 is 5.32 Å². The van der Waals surface area contributed by atoms with Crippen LogP contribution in [0.1, 0.15) is 5.82 Å². The predicted octanol–water partition coefficient (Wildman–Crippen LogP) is 2.65. The normalized spacial score (nSPS) is 11.9. The first-order valence-corrected chi connectivity index (χ1v) is 10.5. The summed E-state index contributed by atoms with van der Waals surface area (Å²) in [6.45, 7) is -0.0905. The largest absolute Gasteiger partial charge is 0.348 e. The molecule has 0 atom stereocenters. The number of carbonyl (C=O) groups is 1. The van der Waals surface area contributed by atoms with Crippen molar-refractivity contribution in [3.63, 3.8) is 0 Å². The Morgan fingerprint density at radius 2 is 1.76 bits per heavy atom. The molecule has 0 radical (unpaired) electrons. The van der Waals surface area contributed by atoms with E-state index in [1.54, 1.807) is 18.2 Å². The van der Waals surface area contributed by atoms with Crippen molar-refractivity contribution in [2.45, 2.75) is 11.4 Å². The highest BCUT2D eigenvalue weighted by molar-refractivity contribution is 7.89. The SMILES string of the molecule is CN(CC(=O)NCc1nc2ccccc2[nH]1)S(=O)(=O)c1ccc2ccccc2c1. The number of benzene rings is 3. The second-order valence-electron chi connectivity index (χ2n) is 6.75. The number of hydrogen-bond donors (Lipinski definition) is 2. The maximum Gasteiger partial charge on any atom is 0.243 e. The van der Waals surface area contributed by atoms with Gasteiger partial charge in [0.15, 0.2) is 0 Å². The minimum absolute atomic E-state index is 0.156. The molecular formula is C21H20N4O3S. The number of imidazole rings is 1. The van der Waals surface area contributed by atoms with Crippen LogP contribution in [0.3, 0.4) is 0 Å². The van der Waals surface area contributed by atoms with Crippen molar-refractivity contribution >= 4 is 37.7 Å². The minimum Gasteiger partial charge on any atom is -0.348 e. The van der Waals surface area contributed by atoms with E-state index in [9.17, 15) is 13.2 Å². The van der Waals surface area contributed by atoms with Crippen LogP contribution in [-0.4, -0.2) is 42.2 Å². The zero-order chi connectivity index (χ0) is 20.4. The number of nitrogens with one attached hydrogen (secondary N) is 2. The van der Waals surface area contributed by atoms with Gasteiger partial charge in [0.2, 0.25) is 15.9 Å². The fraction of sp³-hybridized carbons (Fsp3) is 0.143. The van der Waals surface area contributed by atoms with Crippen LogP contribution >= 0.6 is 0 Å². The highest BCUT2D eigenvalue weighted by atomic mass is 32.2. The zero-order valence-electron chi connectivity index (χ0n) is 15.8. The van der Waals surface area contributed by atoms with Crippen LogP contribution in [-0.2, 0) is 21.4 Å². The van der Waals surface area contributed by atoms with Gasteiger partial charge < -0.3 is 10.3 Å². The quantitative estimate of drug-likeness (QED) is 0.513. The molecule has 1 aromatic heterocycles. The molecule has 0 unspecified atom stereocenters. The van der Waals surface area contributed by atoms with E-state index >= 15 is 0 Å². The number of fused-ring (bicyclic) bond motifs is 2. The Kier molecular flexibility index (Phi) is 5.04. The van der Waals surface area contributed by atoms with Crippen molar-refractivity contribution in [1.82, 2.24) is 19.6 Å². The number of para-hydroxylation sites is 2. The Bertz CT molecular complexity index is 1260. The molecule has 7 nitrogen and oxygen atoms in total. The molecule has 0 fully saturated rings. The van der Waals surface area contributed by atoms with E-state index in [0.29, 0.717) is 5.82 Å². The van der Waals surface area contributed by atoms with Gasteiger partial charge in [-0.3, -0.25) is 4.79 Å². The number of hydrogen-bond acceptors (Lipinski definition) is 4. The maximum absolute atomic E-state index is 12.8. The third-order valence-electron chi connectivity index (χ3n) is 4.69. The molecule has 148 valence electrons. The molecule has 2 N–H and O–H groups in total. The summed E-state index contributed by atoms with van der Waals surface area (Å²) < 4.78 is 26.7. The molecule has 4 rings (SSSR count). The van der Waals surface area contributed by atoms with E-state index in [-0.39, 0.29) is 18.0 Å². The van der Waals surface area contributed by atoms with Crippen LogP contribution in [0.15, 0.2) is 71.6 Å². The summed E-state index contributed by atoms with van der Waals surface area (Å²) >= 11 is 0. The fourth-order valence-electron chi connectivity index (χ4n) is 3.12. The van der Waals surface area contributed by atoms with Gasteiger partial charge in [0.05, 0.1) is 29.0 Å². The average Bonchev–Trinajstić information content (AvgIpc) is 3.15. The average molecular weight is 408 g/mol. The van der Waals surface area contributed by atoms with E-state index in [2.05, 4.69) is 15.3 Å². The lowest BCUT2D eigenvalue weighted by Gasteiger charge is -2.17. The van der Waals surface area contributed by atoms with Gasteiger partial charge >= 0.3 is 0 Å². The maximum atomic E-state index is 12.8. The van der Waals surface area contributed by atoms with Gasteiger partial charge in [-0.25, -0.2) is 13.4 Å². The van der Waals surface area contributed by atoms with E-state index in [1.807, 2.05) is 48.5 Å². The molecule has 0 aliphatic heterocycles. The van der Waals surface area contributed by atoms with E-state index in [4.69, 9.17) is 0 Å². The first-order chi connectivity index (χ1) is 13.9. The second kappa shape index (κ2) is 7.65. The molecule has 0 saturated heterocycles. The van der Waals surface area contributed by atoms with Gasteiger partial charge in [-0.1, -0.05) is 42.5 Å². The molecule has 0 bridgehead atoms. The molecule has 3 aromatic carbocycles. The number of H-pyrrole nitrogens is 1. The van der Waals surface area contributed by atoms with Crippen LogP contribution in [0.2, 0.25) is 0 Å². The first-order valence-electron chi connectivity index (χ1n) is 9.09. The molecule has 0 aliphatic carbocycles. The Morgan fingerprint density at radius 3 is 2.55 bits per heavy atom. The summed E-state index contributed by atoms with van der Waals surface area (Å²) in [5.41, 5.74) is 1.69. The lowest BCUT2D eigenvalue weighted by Crippen LogP contribution is -2.38. The third-order valence-corrected chi connectivity index (χ3v) is 6.49. The molecule has 4 aromatic rings. The molecule has 8 heteroatoms.